The largest absolute Gasteiger partial charge is 0.0622 e. The number of rotatable bonds is 2. The van der Waals surface area contributed by atoms with Gasteiger partial charge in [-0.1, -0.05) is 107 Å². The average molecular weight is 337 g/mol. The summed E-state index contributed by atoms with van der Waals surface area (Å²) in [6.07, 6.45) is 4.24. The molecule has 0 spiro atoms. The zero-order valence-electron chi connectivity index (χ0n) is 11.7. The maximum absolute atomic E-state index is 3.31. The van der Waals surface area contributed by atoms with Crippen LogP contribution in [0.3, 0.4) is 0 Å². The summed E-state index contributed by atoms with van der Waals surface area (Å²) in [7, 11) is 0. The van der Waals surface area contributed by atoms with Crippen molar-refractivity contribution in [3.63, 3.8) is 0 Å². The second-order valence-electron chi connectivity index (χ2n) is 4.45. The molecule has 3 aromatic rings. The van der Waals surface area contributed by atoms with Crippen LogP contribution in [0.4, 0.5) is 0 Å². The molecule has 0 amide bonds. The van der Waals surface area contributed by atoms with Crippen molar-refractivity contribution in [1.29, 1.82) is 0 Å². The molecule has 0 aromatic heterocycles. The summed E-state index contributed by atoms with van der Waals surface area (Å²) < 4.78 is 1.13. The summed E-state index contributed by atoms with van der Waals surface area (Å²) in [6, 6.07) is 30.6. The van der Waals surface area contributed by atoms with Crippen molar-refractivity contribution in [3.8, 4) is 0 Å². The third-order valence-electron chi connectivity index (χ3n) is 2.80. The molecule has 3 aromatic carbocycles. The lowest BCUT2D eigenvalue weighted by Gasteiger charge is -1.92. The van der Waals surface area contributed by atoms with Crippen molar-refractivity contribution in [3.05, 3.63) is 107 Å². The normalized spacial score (nSPS) is 9.95. The molecule has 0 nitrogen and oxygen atoms in total. The van der Waals surface area contributed by atoms with Crippen LogP contribution in [0.15, 0.2) is 95.5 Å². The summed E-state index contributed by atoms with van der Waals surface area (Å²) in [5, 5.41) is 0. The van der Waals surface area contributed by atoms with Crippen molar-refractivity contribution < 1.29 is 0 Å². The monoisotopic (exact) mass is 336 g/mol. The van der Waals surface area contributed by atoms with E-state index in [2.05, 4.69) is 52.3 Å². The molecule has 0 bridgehead atoms. The fourth-order valence-electron chi connectivity index (χ4n) is 1.74. The maximum Gasteiger partial charge on any atom is 0.0175 e. The van der Waals surface area contributed by atoms with Crippen molar-refractivity contribution >= 4 is 28.1 Å². The molecule has 0 aliphatic heterocycles. The highest BCUT2D eigenvalue weighted by Crippen LogP contribution is 2.07. The van der Waals surface area contributed by atoms with Gasteiger partial charge in [0.25, 0.3) is 0 Å². The average Bonchev–Trinajstić information content (AvgIpc) is 2.56. The van der Waals surface area contributed by atoms with Crippen molar-refractivity contribution in [2.75, 3.05) is 0 Å². The summed E-state index contributed by atoms with van der Waals surface area (Å²) in [4.78, 5) is 0. The third kappa shape index (κ3) is 6.24. The molecule has 0 fully saturated rings. The molecule has 0 heterocycles. The van der Waals surface area contributed by atoms with Crippen molar-refractivity contribution in [2.24, 2.45) is 0 Å². The van der Waals surface area contributed by atoms with Crippen LogP contribution in [-0.4, -0.2) is 0 Å². The van der Waals surface area contributed by atoms with Crippen LogP contribution in [0, 0.1) is 0 Å². The lowest BCUT2D eigenvalue weighted by molar-refractivity contribution is 1.65. The van der Waals surface area contributed by atoms with Gasteiger partial charge in [0.05, 0.1) is 0 Å². The highest BCUT2D eigenvalue weighted by atomic mass is 79.9. The summed E-state index contributed by atoms with van der Waals surface area (Å²) in [5.74, 6) is 0. The molecule has 104 valence electrons. The van der Waals surface area contributed by atoms with Gasteiger partial charge in [-0.2, -0.15) is 0 Å². The van der Waals surface area contributed by atoms with E-state index >= 15 is 0 Å². The van der Waals surface area contributed by atoms with Crippen LogP contribution in [0.1, 0.15) is 11.1 Å². The molecule has 0 aliphatic carbocycles. The molecule has 0 saturated carbocycles. The molecule has 0 atom stereocenters. The molecule has 0 unspecified atom stereocenters. The third-order valence-corrected chi connectivity index (χ3v) is 3.33. The van der Waals surface area contributed by atoms with E-state index in [1.165, 1.54) is 11.1 Å². The zero-order chi connectivity index (χ0) is 14.8. The molecule has 0 N–H and O–H groups in total. The number of hydrogen-bond acceptors (Lipinski definition) is 0. The van der Waals surface area contributed by atoms with Gasteiger partial charge in [-0.15, -0.1) is 0 Å². The van der Waals surface area contributed by atoms with Crippen LogP contribution in [0.2, 0.25) is 0 Å². The van der Waals surface area contributed by atoms with E-state index in [1.54, 1.807) is 0 Å². The quantitative estimate of drug-likeness (QED) is 0.481. The number of hydrogen-bond donors (Lipinski definition) is 0. The van der Waals surface area contributed by atoms with E-state index in [0.717, 1.165) is 4.47 Å². The van der Waals surface area contributed by atoms with E-state index in [0.29, 0.717) is 0 Å². The van der Waals surface area contributed by atoms with Crippen LogP contribution >= 0.6 is 15.9 Å². The Labute approximate surface area is 134 Å². The minimum atomic E-state index is 1.13. The van der Waals surface area contributed by atoms with Gasteiger partial charge in [0.2, 0.25) is 0 Å². The van der Waals surface area contributed by atoms with Gasteiger partial charge < -0.3 is 0 Å². The molecule has 1 heteroatoms. The van der Waals surface area contributed by atoms with E-state index in [4.69, 9.17) is 0 Å². The minimum absolute atomic E-state index is 1.13. The topological polar surface area (TPSA) is 0 Å². The predicted octanol–water partition coefficient (Wildman–Crippen LogP) is 6.31. The Hall–Kier alpha value is -2.12. The smallest absolute Gasteiger partial charge is 0.0175 e. The van der Waals surface area contributed by atoms with Gasteiger partial charge in [-0.3, -0.25) is 0 Å². The van der Waals surface area contributed by atoms with Gasteiger partial charge in [0, 0.05) is 4.47 Å². The summed E-state index contributed by atoms with van der Waals surface area (Å²) >= 11 is 3.31. The highest BCUT2D eigenvalue weighted by Gasteiger charge is 1.84. The Balaban J connectivity index is 0.000000194. The first kappa shape index (κ1) is 15.3. The number of benzene rings is 3. The second-order valence-corrected chi connectivity index (χ2v) is 5.37. The molecular weight excluding hydrogens is 320 g/mol. The first-order valence-corrected chi connectivity index (χ1v) is 7.62. The van der Waals surface area contributed by atoms with Crippen molar-refractivity contribution in [1.82, 2.24) is 0 Å². The molecule has 21 heavy (non-hydrogen) atoms. The van der Waals surface area contributed by atoms with Gasteiger partial charge in [0.1, 0.15) is 0 Å². The van der Waals surface area contributed by atoms with E-state index in [1.807, 2.05) is 66.7 Å². The fourth-order valence-corrected chi connectivity index (χ4v) is 2.04. The second kappa shape index (κ2) is 8.93. The molecule has 3 rings (SSSR count). The Morgan fingerprint density at radius 3 is 1.10 bits per heavy atom. The van der Waals surface area contributed by atoms with Crippen LogP contribution in [-0.2, 0) is 0 Å². The summed E-state index contributed by atoms with van der Waals surface area (Å²) in [5.41, 5.74) is 2.47. The Morgan fingerprint density at radius 1 is 0.476 bits per heavy atom. The van der Waals surface area contributed by atoms with Gasteiger partial charge in [0.15, 0.2) is 0 Å². The van der Waals surface area contributed by atoms with Crippen LogP contribution in [0.5, 0.6) is 0 Å². The van der Waals surface area contributed by atoms with Gasteiger partial charge in [-0.05, 0) is 23.3 Å². The summed E-state index contributed by atoms with van der Waals surface area (Å²) in [6.45, 7) is 0. The maximum atomic E-state index is 3.31. The van der Waals surface area contributed by atoms with Crippen LogP contribution in [0.25, 0.3) is 12.2 Å². The van der Waals surface area contributed by atoms with Crippen LogP contribution < -0.4 is 0 Å². The molecule has 0 aliphatic rings. The van der Waals surface area contributed by atoms with Crippen molar-refractivity contribution in [2.45, 2.75) is 0 Å². The van der Waals surface area contributed by atoms with E-state index < -0.39 is 0 Å². The Morgan fingerprint density at radius 2 is 0.810 bits per heavy atom. The van der Waals surface area contributed by atoms with E-state index in [-0.39, 0.29) is 0 Å². The first-order valence-electron chi connectivity index (χ1n) is 6.83. The fraction of sp³-hybridized carbons (Fsp3) is 0. The SMILES string of the molecule is Brc1ccccc1.C(=Cc1ccccc1)c1ccccc1. The van der Waals surface area contributed by atoms with E-state index in [9.17, 15) is 0 Å². The van der Waals surface area contributed by atoms with Gasteiger partial charge in [-0.25, -0.2) is 0 Å². The Kier molecular flexibility index (Phi) is 6.50. The standard InChI is InChI=1S/C14H12.C6H5Br/c1-3-7-13(8-4-1)11-12-14-9-5-2-6-10-14;7-6-4-2-1-3-5-6/h1-12H;1-5H. The minimum Gasteiger partial charge on any atom is -0.0622 e. The molecular formula is C20H17Br. The number of halogens is 1. The molecule has 0 saturated heterocycles. The lowest BCUT2D eigenvalue weighted by atomic mass is 10.1. The zero-order valence-corrected chi connectivity index (χ0v) is 13.3. The predicted molar refractivity (Wildman–Crippen MR) is 96.0 cm³/mol. The highest BCUT2D eigenvalue weighted by molar-refractivity contribution is 9.10. The van der Waals surface area contributed by atoms with Gasteiger partial charge >= 0.3 is 0 Å². The Bertz CT molecular complexity index is 602. The lowest BCUT2D eigenvalue weighted by Crippen LogP contribution is -1.70. The first-order chi connectivity index (χ1) is 10.3. The molecule has 0 radical (unpaired) electrons.